The van der Waals surface area contributed by atoms with E-state index in [2.05, 4.69) is 114 Å². The van der Waals surface area contributed by atoms with Gasteiger partial charge in [0.05, 0.1) is 22.1 Å². The second kappa shape index (κ2) is 10.5. The highest BCUT2D eigenvalue weighted by molar-refractivity contribution is 6.09. The molecule has 0 saturated heterocycles. The highest BCUT2D eigenvalue weighted by Gasteiger charge is 2.18. The zero-order valence-electron chi connectivity index (χ0n) is 25.3. The van der Waals surface area contributed by atoms with Gasteiger partial charge in [-0.1, -0.05) is 75.4 Å². The maximum Gasteiger partial charge on any atom is 0.142 e. The predicted molar refractivity (Wildman–Crippen MR) is 182 cm³/mol. The minimum atomic E-state index is 0.00845. The average molecular weight is 586 g/mol. The first-order valence-electron chi connectivity index (χ1n) is 15.1. The summed E-state index contributed by atoms with van der Waals surface area (Å²) in [5.41, 5.74) is 7.57. The summed E-state index contributed by atoms with van der Waals surface area (Å²) in [5.74, 6) is 3.05. The number of fused-ring (bicyclic) bond motifs is 4. The van der Waals surface area contributed by atoms with Gasteiger partial charge in [-0.2, -0.15) is 0 Å². The van der Waals surface area contributed by atoms with Crippen molar-refractivity contribution in [3.63, 3.8) is 0 Å². The first-order chi connectivity index (χ1) is 21.9. The van der Waals surface area contributed by atoms with Crippen LogP contribution in [0.2, 0.25) is 0 Å². The van der Waals surface area contributed by atoms with Crippen molar-refractivity contribution < 1.29 is 4.74 Å². The third-order valence-corrected chi connectivity index (χ3v) is 8.34. The van der Waals surface area contributed by atoms with E-state index in [1.54, 1.807) is 6.20 Å². The number of hydrogen-bond acceptors (Lipinski definition) is 4. The quantitative estimate of drug-likeness (QED) is 0.202. The fourth-order valence-corrected chi connectivity index (χ4v) is 6.00. The lowest BCUT2D eigenvalue weighted by Gasteiger charge is -2.20. The van der Waals surface area contributed by atoms with Crippen LogP contribution in [0.5, 0.6) is 11.5 Å². The first-order valence-corrected chi connectivity index (χ1v) is 15.1. The summed E-state index contributed by atoms with van der Waals surface area (Å²) in [6.07, 6.45) is 5.48. The summed E-state index contributed by atoms with van der Waals surface area (Å²) < 4.78 is 10.7. The molecule has 0 fully saturated rings. The Balaban J connectivity index is 1.17. The van der Waals surface area contributed by atoms with Crippen LogP contribution in [0.15, 0.2) is 134 Å². The molecule has 0 saturated carbocycles. The molecule has 4 aromatic heterocycles. The van der Waals surface area contributed by atoms with Crippen molar-refractivity contribution in [2.75, 3.05) is 0 Å². The summed E-state index contributed by atoms with van der Waals surface area (Å²) in [7, 11) is 0. The Labute approximate surface area is 261 Å². The number of benzene rings is 4. The molecule has 8 rings (SSSR count). The van der Waals surface area contributed by atoms with Crippen molar-refractivity contribution in [2.45, 2.75) is 26.2 Å². The molecule has 218 valence electrons. The molecule has 0 aliphatic heterocycles. The maximum absolute atomic E-state index is 6.47. The summed E-state index contributed by atoms with van der Waals surface area (Å²) in [5, 5.41) is 2.33. The van der Waals surface area contributed by atoms with Crippen LogP contribution >= 0.6 is 0 Å². The standard InChI is InChI=1S/C39H31N5O/c1-39(2,3)28-17-19-41-38(22-28)44-34-12-8-7-11-31(34)32-15-14-29(23-36(32)44)45-30-18-20-40-37(24-30)43-25-42-33-21-27(13-16-35(33)43)26-9-5-4-6-10-26/h4-25H,1-3H3. The second-order valence-electron chi connectivity index (χ2n) is 12.3. The highest BCUT2D eigenvalue weighted by Crippen LogP contribution is 2.36. The van der Waals surface area contributed by atoms with Gasteiger partial charge >= 0.3 is 0 Å². The number of ether oxygens (including phenoxy) is 1. The summed E-state index contributed by atoms with van der Waals surface area (Å²) in [4.78, 5) is 14.1. The van der Waals surface area contributed by atoms with Gasteiger partial charge in [0, 0.05) is 35.3 Å². The summed E-state index contributed by atoms with van der Waals surface area (Å²) >= 11 is 0. The van der Waals surface area contributed by atoms with E-state index >= 15 is 0 Å². The first kappa shape index (κ1) is 26.8. The molecule has 4 heterocycles. The van der Waals surface area contributed by atoms with Gasteiger partial charge < -0.3 is 4.74 Å². The Kier molecular flexibility index (Phi) is 6.24. The van der Waals surface area contributed by atoms with Crippen molar-refractivity contribution in [1.82, 2.24) is 24.1 Å². The summed E-state index contributed by atoms with van der Waals surface area (Å²) in [6.45, 7) is 6.67. The third-order valence-electron chi connectivity index (χ3n) is 8.34. The number of hydrogen-bond donors (Lipinski definition) is 0. The number of para-hydroxylation sites is 1. The summed E-state index contributed by atoms with van der Waals surface area (Å²) in [6, 6.07) is 39.5. The van der Waals surface area contributed by atoms with Crippen molar-refractivity contribution in [1.29, 1.82) is 0 Å². The molecule has 8 aromatic rings. The minimum Gasteiger partial charge on any atom is -0.457 e. The van der Waals surface area contributed by atoms with E-state index in [4.69, 9.17) is 9.72 Å². The SMILES string of the molecule is CC(C)(C)c1ccnc(-n2c3ccccc3c3ccc(Oc4ccnc(-n5cnc6cc(-c7ccccc7)ccc65)c4)cc32)c1. The molecule has 0 spiro atoms. The number of pyridine rings is 2. The molecule has 6 nitrogen and oxygen atoms in total. The van der Waals surface area contributed by atoms with Crippen molar-refractivity contribution in [2.24, 2.45) is 0 Å². The van der Waals surface area contributed by atoms with Gasteiger partial charge in [-0.05, 0) is 70.6 Å². The van der Waals surface area contributed by atoms with Crippen molar-refractivity contribution in [3.8, 4) is 34.3 Å². The monoisotopic (exact) mass is 585 g/mol. The lowest BCUT2D eigenvalue weighted by atomic mass is 9.88. The molecule has 0 radical (unpaired) electrons. The average Bonchev–Trinajstić information content (AvgIpc) is 3.64. The van der Waals surface area contributed by atoms with E-state index in [9.17, 15) is 0 Å². The Morgan fingerprint density at radius 1 is 0.556 bits per heavy atom. The maximum atomic E-state index is 6.47. The van der Waals surface area contributed by atoms with Crippen LogP contribution in [-0.2, 0) is 5.41 Å². The zero-order valence-corrected chi connectivity index (χ0v) is 25.3. The van der Waals surface area contributed by atoms with Crippen molar-refractivity contribution in [3.05, 3.63) is 140 Å². The van der Waals surface area contributed by atoms with Crippen LogP contribution in [0.3, 0.4) is 0 Å². The number of imidazole rings is 1. The van der Waals surface area contributed by atoms with Crippen LogP contribution < -0.4 is 4.74 Å². The lowest BCUT2D eigenvalue weighted by Crippen LogP contribution is -2.12. The molecule has 6 heteroatoms. The molecule has 0 aliphatic carbocycles. The number of rotatable bonds is 5. The van der Waals surface area contributed by atoms with E-state index in [1.165, 1.54) is 10.9 Å². The van der Waals surface area contributed by atoms with Gasteiger partial charge in [0.15, 0.2) is 0 Å². The van der Waals surface area contributed by atoms with E-state index in [1.807, 2.05) is 53.5 Å². The van der Waals surface area contributed by atoms with Crippen LogP contribution in [0.25, 0.3) is 55.6 Å². The van der Waals surface area contributed by atoms with Crippen LogP contribution in [0.1, 0.15) is 26.3 Å². The Bertz CT molecular complexity index is 2340. The minimum absolute atomic E-state index is 0.00845. The smallest absolute Gasteiger partial charge is 0.142 e. The largest absolute Gasteiger partial charge is 0.457 e. The molecule has 0 amide bonds. The van der Waals surface area contributed by atoms with Crippen molar-refractivity contribution >= 4 is 32.8 Å². The van der Waals surface area contributed by atoms with E-state index < -0.39 is 0 Å². The molecular formula is C39H31N5O. The molecule has 0 N–H and O–H groups in total. The molecule has 0 aliphatic rings. The zero-order chi connectivity index (χ0) is 30.5. The fourth-order valence-electron chi connectivity index (χ4n) is 6.00. The van der Waals surface area contributed by atoms with E-state index in [-0.39, 0.29) is 5.41 Å². The van der Waals surface area contributed by atoms with Crippen LogP contribution in [0, 0.1) is 0 Å². The van der Waals surface area contributed by atoms with E-state index in [0.717, 1.165) is 56.0 Å². The van der Waals surface area contributed by atoms with Crippen LogP contribution in [-0.4, -0.2) is 24.1 Å². The highest BCUT2D eigenvalue weighted by atomic mass is 16.5. The number of aromatic nitrogens is 5. The Morgan fingerprint density at radius 3 is 2.18 bits per heavy atom. The molecule has 45 heavy (non-hydrogen) atoms. The topological polar surface area (TPSA) is 57.8 Å². The molecule has 0 bridgehead atoms. The lowest BCUT2D eigenvalue weighted by molar-refractivity contribution is 0.482. The molecule has 4 aromatic carbocycles. The third kappa shape index (κ3) is 4.81. The Hall–Kier alpha value is -5.75. The van der Waals surface area contributed by atoms with Gasteiger partial charge in [0.1, 0.15) is 29.5 Å². The molecule has 0 atom stereocenters. The Morgan fingerprint density at radius 2 is 1.31 bits per heavy atom. The normalized spacial score (nSPS) is 11.9. The van der Waals surface area contributed by atoms with E-state index in [0.29, 0.717) is 5.75 Å². The van der Waals surface area contributed by atoms with Gasteiger partial charge in [0.2, 0.25) is 0 Å². The number of nitrogens with zero attached hydrogens (tertiary/aromatic N) is 5. The fraction of sp³-hybridized carbons (Fsp3) is 0.103. The molecular weight excluding hydrogens is 554 g/mol. The van der Waals surface area contributed by atoms with Gasteiger partial charge in [0.25, 0.3) is 0 Å². The van der Waals surface area contributed by atoms with Gasteiger partial charge in [-0.25, -0.2) is 15.0 Å². The van der Waals surface area contributed by atoms with Gasteiger partial charge in [-0.15, -0.1) is 0 Å². The van der Waals surface area contributed by atoms with Gasteiger partial charge in [-0.3, -0.25) is 9.13 Å². The van der Waals surface area contributed by atoms with Crippen LogP contribution in [0.4, 0.5) is 0 Å². The predicted octanol–water partition coefficient (Wildman–Crippen LogP) is 9.67. The second-order valence-corrected chi connectivity index (χ2v) is 12.3. The molecule has 0 unspecified atom stereocenters.